The molecule has 150 valence electrons. The number of hydrogen-bond acceptors (Lipinski definition) is 3. The molecule has 5 nitrogen and oxygen atoms in total. The summed E-state index contributed by atoms with van der Waals surface area (Å²) in [6.07, 6.45) is 0. The summed E-state index contributed by atoms with van der Waals surface area (Å²) in [6.45, 7) is 10.0. The second kappa shape index (κ2) is 9.11. The van der Waals surface area contributed by atoms with Gasteiger partial charge in [-0.15, -0.1) is 0 Å². The monoisotopic (exact) mass is 382 g/mol. The zero-order valence-electron chi connectivity index (χ0n) is 17.4. The highest BCUT2D eigenvalue weighted by Crippen LogP contribution is 2.27. The van der Waals surface area contributed by atoms with Gasteiger partial charge in [0.25, 0.3) is 5.91 Å². The Hall–Kier alpha value is -2.53. The topological polar surface area (TPSA) is 46.0 Å². The number of benzene rings is 2. The number of ether oxygens (including phenoxy) is 1. The molecule has 3 rings (SSSR count). The number of amides is 1. The van der Waals surface area contributed by atoms with Crippen molar-refractivity contribution in [1.29, 1.82) is 0 Å². The van der Waals surface area contributed by atoms with Crippen molar-refractivity contribution in [2.75, 3.05) is 43.5 Å². The average molecular weight is 383 g/mol. The molecule has 2 N–H and O–H groups in total. The number of carbonyl (C=O) groups excluding carboxylic acids is 1. The predicted octanol–water partition coefficient (Wildman–Crippen LogP) is 2.55. The van der Waals surface area contributed by atoms with Gasteiger partial charge in [0, 0.05) is 5.69 Å². The second-order valence-electron chi connectivity index (χ2n) is 7.77. The Labute approximate surface area is 168 Å². The van der Waals surface area contributed by atoms with E-state index in [9.17, 15) is 4.79 Å². The molecule has 2 aromatic carbocycles. The Morgan fingerprint density at radius 1 is 1.04 bits per heavy atom. The highest BCUT2D eigenvalue weighted by molar-refractivity contribution is 5.94. The van der Waals surface area contributed by atoms with Crippen molar-refractivity contribution < 1.29 is 14.4 Å². The standard InChI is InChI=1S/C23H31N3O2/c1-17(2)19-9-5-6-10-20(19)24-23(27)18(3)25-13-15-26(16-14-25)21-11-7-8-12-22(21)28-4/h5-12,17-18H,13-16H2,1-4H3,(H,24,27)/p+1/t18-/m0/s1. The third kappa shape index (κ3) is 4.47. The van der Waals surface area contributed by atoms with E-state index in [2.05, 4.69) is 36.2 Å². The van der Waals surface area contributed by atoms with Crippen LogP contribution in [0, 0.1) is 0 Å². The molecule has 0 spiro atoms. The number of nitrogens with zero attached hydrogens (tertiary/aromatic N) is 1. The van der Waals surface area contributed by atoms with Gasteiger partial charge >= 0.3 is 0 Å². The van der Waals surface area contributed by atoms with Crippen molar-refractivity contribution in [2.24, 2.45) is 0 Å². The molecular formula is C23H32N3O2+. The van der Waals surface area contributed by atoms with E-state index in [0.29, 0.717) is 5.92 Å². The number of quaternary nitrogens is 1. The number of nitrogens with one attached hydrogen (secondary N) is 2. The van der Waals surface area contributed by atoms with Gasteiger partial charge in [-0.25, -0.2) is 0 Å². The van der Waals surface area contributed by atoms with Crippen LogP contribution in [-0.2, 0) is 4.79 Å². The van der Waals surface area contributed by atoms with Crippen LogP contribution in [0.15, 0.2) is 48.5 Å². The summed E-state index contributed by atoms with van der Waals surface area (Å²) in [4.78, 5) is 16.5. The number of carbonyl (C=O) groups is 1. The Bertz CT molecular complexity index is 798. The van der Waals surface area contributed by atoms with Gasteiger partial charge in [0.2, 0.25) is 0 Å². The van der Waals surface area contributed by atoms with Crippen LogP contribution in [-0.4, -0.2) is 45.2 Å². The van der Waals surface area contributed by atoms with Crippen LogP contribution < -0.4 is 19.9 Å². The summed E-state index contributed by atoms with van der Waals surface area (Å²) in [5, 5.41) is 3.16. The van der Waals surface area contributed by atoms with Crippen LogP contribution in [0.1, 0.15) is 32.3 Å². The molecule has 28 heavy (non-hydrogen) atoms. The molecule has 1 saturated heterocycles. The highest BCUT2D eigenvalue weighted by Gasteiger charge is 2.30. The van der Waals surface area contributed by atoms with Crippen molar-refractivity contribution >= 4 is 17.3 Å². The van der Waals surface area contributed by atoms with E-state index in [1.165, 1.54) is 10.5 Å². The van der Waals surface area contributed by atoms with Crippen molar-refractivity contribution in [3.63, 3.8) is 0 Å². The molecular weight excluding hydrogens is 350 g/mol. The summed E-state index contributed by atoms with van der Waals surface area (Å²) in [7, 11) is 1.71. The maximum Gasteiger partial charge on any atom is 0.282 e. The first-order chi connectivity index (χ1) is 13.5. The molecule has 0 aromatic heterocycles. The maximum absolute atomic E-state index is 12.9. The fraction of sp³-hybridized carbons (Fsp3) is 0.435. The predicted molar refractivity (Wildman–Crippen MR) is 115 cm³/mol. The first-order valence-corrected chi connectivity index (χ1v) is 10.1. The van der Waals surface area contributed by atoms with E-state index in [0.717, 1.165) is 43.3 Å². The molecule has 1 aliphatic rings. The fourth-order valence-electron chi connectivity index (χ4n) is 3.90. The molecule has 0 aliphatic carbocycles. The Morgan fingerprint density at radius 2 is 1.68 bits per heavy atom. The summed E-state index contributed by atoms with van der Waals surface area (Å²) in [5.41, 5.74) is 3.24. The molecule has 1 amide bonds. The van der Waals surface area contributed by atoms with E-state index in [1.54, 1.807) is 7.11 Å². The molecule has 0 unspecified atom stereocenters. The van der Waals surface area contributed by atoms with Crippen molar-refractivity contribution in [1.82, 2.24) is 0 Å². The molecule has 1 aliphatic heterocycles. The Morgan fingerprint density at radius 3 is 2.36 bits per heavy atom. The lowest BCUT2D eigenvalue weighted by molar-refractivity contribution is -0.914. The molecule has 2 aromatic rings. The summed E-state index contributed by atoms with van der Waals surface area (Å²) >= 11 is 0. The lowest BCUT2D eigenvalue weighted by Crippen LogP contribution is -3.19. The molecule has 1 heterocycles. The van der Waals surface area contributed by atoms with Crippen LogP contribution in [0.25, 0.3) is 0 Å². The first kappa shape index (κ1) is 20.2. The SMILES string of the molecule is COc1ccccc1N1CC[NH+]([C@@H](C)C(=O)Nc2ccccc2C(C)C)CC1. The van der Waals surface area contributed by atoms with Gasteiger partial charge in [0.1, 0.15) is 5.75 Å². The molecule has 1 fully saturated rings. The Balaban J connectivity index is 1.61. The first-order valence-electron chi connectivity index (χ1n) is 10.1. The molecule has 1 atom stereocenters. The number of rotatable bonds is 6. The van der Waals surface area contributed by atoms with E-state index in [4.69, 9.17) is 4.74 Å². The maximum atomic E-state index is 12.9. The smallest absolute Gasteiger partial charge is 0.282 e. The van der Waals surface area contributed by atoms with Crippen molar-refractivity contribution in [3.05, 3.63) is 54.1 Å². The fourth-order valence-corrected chi connectivity index (χ4v) is 3.90. The quantitative estimate of drug-likeness (QED) is 0.807. The molecule has 5 heteroatoms. The minimum Gasteiger partial charge on any atom is -0.495 e. The largest absolute Gasteiger partial charge is 0.495 e. The molecule has 0 saturated carbocycles. The minimum atomic E-state index is -0.0833. The van der Waals surface area contributed by atoms with Crippen LogP contribution >= 0.6 is 0 Å². The van der Waals surface area contributed by atoms with Gasteiger partial charge in [0.15, 0.2) is 6.04 Å². The normalized spacial score (nSPS) is 16.1. The Kier molecular flexibility index (Phi) is 6.57. The van der Waals surface area contributed by atoms with Gasteiger partial charge in [-0.1, -0.05) is 44.2 Å². The number of para-hydroxylation sites is 3. The van der Waals surface area contributed by atoms with Gasteiger partial charge in [0.05, 0.1) is 39.0 Å². The van der Waals surface area contributed by atoms with Gasteiger partial charge < -0.3 is 19.9 Å². The second-order valence-corrected chi connectivity index (χ2v) is 7.77. The van der Waals surface area contributed by atoms with Crippen molar-refractivity contribution in [2.45, 2.75) is 32.7 Å². The third-order valence-electron chi connectivity index (χ3n) is 5.68. The number of hydrogen-bond donors (Lipinski definition) is 2. The number of piperazine rings is 1. The van der Waals surface area contributed by atoms with E-state index in [-0.39, 0.29) is 11.9 Å². The molecule has 0 bridgehead atoms. The third-order valence-corrected chi connectivity index (χ3v) is 5.68. The minimum absolute atomic E-state index is 0.0833. The molecule has 0 radical (unpaired) electrons. The summed E-state index contributed by atoms with van der Waals surface area (Å²) in [6, 6.07) is 16.1. The number of anilines is 2. The lowest BCUT2D eigenvalue weighted by atomic mass is 10.0. The van der Waals surface area contributed by atoms with E-state index < -0.39 is 0 Å². The van der Waals surface area contributed by atoms with Gasteiger partial charge in [-0.05, 0) is 36.6 Å². The number of methoxy groups -OCH3 is 1. The van der Waals surface area contributed by atoms with E-state index in [1.807, 2.05) is 43.3 Å². The van der Waals surface area contributed by atoms with Crippen molar-refractivity contribution in [3.8, 4) is 5.75 Å². The zero-order valence-corrected chi connectivity index (χ0v) is 17.4. The van der Waals surface area contributed by atoms with Crippen LogP contribution in [0.2, 0.25) is 0 Å². The van der Waals surface area contributed by atoms with Crippen LogP contribution in [0.3, 0.4) is 0 Å². The van der Waals surface area contributed by atoms with Crippen LogP contribution in [0.5, 0.6) is 5.75 Å². The highest BCUT2D eigenvalue weighted by atomic mass is 16.5. The lowest BCUT2D eigenvalue weighted by Gasteiger charge is -2.36. The van der Waals surface area contributed by atoms with Gasteiger partial charge in [-0.3, -0.25) is 4.79 Å². The van der Waals surface area contributed by atoms with Gasteiger partial charge in [-0.2, -0.15) is 0 Å². The summed E-state index contributed by atoms with van der Waals surface area (Å²) in [5.74, 6) is 1.37. The zero-order chi connectivity index (χ0) is 20.1. The average Bonchev–Trinajstić information content (AvgIpc) is 2.73. The summed E-state index contributed by atoms with van der Waals surface area (Å²) < 4.78 is 5.50. The van der Waals surface area contributed by atoms with Crippen LogP contribution in [0.4, 0.5) is 11.4 Å². The van der Waals surface area contributed by atoms with E-state index >= 15 is 0 Å².